The van der Waals surface area contributed by atoms with Gasteiger partial charge >= 0.3 is 0 Å². The van der Waals surface area contributed by atoms with Crippen molar-refractivity contribution in [2.45, 2.75) is 10.2 Å². The van der Waals surface area contributed by atoms with Crippen molar-refractivity contribution in [1.82, 2.24) is 30.2 Å². The molecule has 0 bridgehead atoms. The maximum atomic E-state index is 5.31. The highest BCUT2D eigenvalue weighted by atomic mass is 32.2. The number of furan rings is 1. The summed E-state index contributed by atoms with van der Waals surface area (Å²) in [6.45, 7) is 0. The molecule has 7 nitrogen and oxygen atoms in total. The van der Waals surface area contributed by atoms with Gasteiger partial charge in [-0.2, -0.15) is 0 Å². The molecule has 3 heterocycles. The van der Waals surface area contributed by atoms with E-state index in [-0.39, 0.29) is 0 Å². The lowest BCUT2D eigenvalue weighted by Crippen LogP contribution is -1.93. The molecule has 0 saturated carbocycles. The molecule has 0 unspecified atom stereocenters. The third kappa shape index (κ3) is 1.43. The van der Waals surface area contributed by atoms with Crippen LogP contribution < -0.4 is 0 Å². The second-order valence-corrected chi connectivity index (χ2v) is 3.96. The van der Waals surface area contributed by atoms with E-state index in [0.29, 0.717) is 15.8 Å². The molecule has 0 aliphatic carbocycles. The zero-order valence-corrected chi connectivity index (χ0v) is 9.05. The number of fused-ring (bicyclic) bond motifs is 1. The smallest absolute Gasteiger partial charge is 0.215 e. The lowest BCUT2D eigenvalue weighted by molar-refractivity contribution is 0.603. The van der Waals surface area contributed by atoms with Crippen LogP contribution in [0.4, 0.5) is 0 Å². The molecule has 3 aromatic rings. The Hall–Kier alpha value is -1.96. The Morgan fingerprint density at radius 1 is 1.38 bits per heavy atom. The average Bonchev–Trinajstić information content (AvgIpc) is 2.89. The first-order chi connectivity index (χ1) is 7.84. The highest BCUT2D eigenvalue weighted by molar-refractivity contribution is 7.99. The van der Waals surface area contributed by atoms with Crippen molar-refractivity contribution in [3.8, 4) is 0 Å². The highest BCUT2D eigenvalue weighted by Gasteiger charge is 2.12. The zero-order valence-electron chi connectivity index (χ0n) is 8.23. The Balaban J connectivity index is 2.07. The monoisotopic (exact) mass is 234 g/mol. The molecule has 16 heavy (non-hydrogen) atoms. The molecule has 8 heteroatoms. The van der Waals surface area contributed by atoms with Gasteiger partial charge in [0.15, 0.2) is 10.6 Å². The van der Waals surface area contributed by atoms with E-state index in [9.17, 15) is 0 Å². The van der Waals surface area contributed by atoms with Gasteiger partial charge in [0.2, 0.25) is 5.16 Å². The summed E-state index contributed by atoms with van der Waals surface area (Å²) in [6, 6.07) is 1.79. The van der Waals surface area contributed by atoms with Gasteiger partial charge in [-0.25, -0.2) is 14.6 Å². The summed E-state index contributed by atoms with van der Waals surface area (Å²) in [5.41, 5.74) is 1.42. The minimum absolute atomic E-state index is 0.649. The summed E-state index contributed by atoms with van der Waals surface area (Å²) in [7, 11) is 1.77. The van der Waals surface area contributed by atoms with Gasteiger partial charge in [0.05, 0.1) is 6.26 Å². The van der Waals surface area contributed by atoms with Crippen molar-refractivity contribution in [3.63, 3.8) is 0 Å². The Morgan fingerprint density at radius 3 is 3.12 bits per heavy atom. The molecule has 0 aliphatic rings. The van der Waals surface area contributed by atoms with Crippen LogP contribution in [0, 0.1) is 0 Å². The topological polar surface area (TPSA) is 82.5 Å². The summed E-state index contributed by atoms with van der Waals surface area (Å²) in [6.07, 6.45) is 3.07. The first-order valence-electron chi connectivity index (χ1n) is 4.43. The van der Waals surface area contributed by atoms with Crippen molar-refractivity contribution >= 4 is 22.9 Å². The Kier molecular flexibility index (Phi) is 2.07. The van der Waals surface area contributed by atoms with E-state index in [1.165, 1.54) is 18.1 Å². The second-order valence-electron chi connectivity index (χ2n) is 3.00. The third-order valence-corrected chi connectivity index (χ3v) is 2.99. The van der Waals surface area contributed by atoms with Crippen LogP contribution in [0.5, 0.6) is 0 Å². The Bertz CT molecular complexity index is 632. The van der Waals surface area contributed by atoms with Crippen molar-refractivity contribution in [3.05, 3.63) is 18.7 Å². The summed E-state index contributed by atoms with van der Waals surface area (Å²) in [5.74, 6) is 0. The number of hydrogen-bond acceptors (Lipinski definition) is 7. The molecule has 3 aromatic heterocycles. The van der Waals surface area contributed by atoms with Crippen molar-refractivity contribution in [1.29, 1.82) is 0 Å². The van der Waals surface area contributed by atoms with Gasteiger partial charge in [0.1, 0.15) is 11.8 Å². The summed E-state index contributed by atoms with van der Waals surface area (Å²) in [5, 5.41) is 12.5. The molecule has 0 N–H and O–H groups in total. The summed E-state index contributed by atoms with van der Waals surface area (Å²) in [4.78, 5) is 8.22. The summed E-state index contributed by atoms with van der Waals surface area (Å²) < 4.78 is 6.88. The standard InChI is InChI=1S/C8H6N6OS/c1-14-8(11-12-13-14)16-7-6-5(2-3-15-6)9-4-10-7/h2-4H,1H3. The molecule has 0 amide bonds. The van der Waals surface area contributed by atoms with E-state index >= 15 is 0 Å². The maximum absolute atomic E-state index is 5.31. The predicted molar refractivity (Wildman–Crippen MR) is 54.7 cm³/mol. The van der Waals surface area contributed by atoms with E-state index in [0.717, 1.165) is 5.52 Å². The van der Waals surface area contributed by atoms with Crippen LogP contribution in [0.2, 0.25) is 0 Å². The minimum atomic E-state index is 0.649. The van der Waals surface area contributed by atoms with Crippen LogP contribution in [-0.4, -0.2) is 30.2 Å². The van der Waals surface area contributed by atoms with Crippen LogP contribution in [-0.2, 0) is 7.05 Å². The van der Waals surface area contributed by atoms with E-state index in [1.807, 2.05) is 0 Å². The normalized spacial score (nSPS) is 11.1. The molecule has 0 spiro atoms. The molecule has 0 saturated heterocycles. The number of hydrogen-bond donors (Lipinski definition) is 0. The van der Waals surface area contributed by atoms with E-state index < -0.39 is 0 Å². The van der Waals surface area contributed by atoms with Gasteiger partial charge in [-0.05, 0) is 22.2 Å². The Morgan fingerprint density at radius 2 is 2.31 bits per heavy atom. The molecule has 0 aromatic carbocycles. The average molecular weight is 234 g/mol. The number of tetrazole rings is 1. The minimum Gasteiger partial charge on any atom is -0.460 e. The fraction of sp³-hybridized carbons (Fsp3) is 0.125. The van der Waals surface area contributed by atoms with E-state index in [4.69, 9.17) is 4.42 Å². The van der Waals surface area contributed by atoms with Crippen LogP contribution in [0.15, 0.2) is 33.3 Å². The molecule has 0 fully saturated rings. The number of rotatable bonds is 2. The SMILES string of the molecule is Cn1nnnc1Sc1ncnc2ccoc12. The maximum Gasteiger partial charge on any atom is 0.215 e. The molecule has 0 radical (unpaired) electrons. The van der Waals surface area contributed by atoms with Crippen LogP contribution in [0.1, 0.15) is 0 Å². The van der Waals surface area contributed by atoms with E-state index in [1.54, 1.807) is 24.1 Å². The first-order valence-corrected chi connectivity index (χ1v) is 5.24. The van der Waals surface area contributed by atoms with E-state index in [2.05, 4.69) is 25.5 Å². The van der Waals surface area contributed by atoms with Crippen molar-refractivity contribution in [2.24, 2.45) is 7.05 Å². The number of aryl methyl sites for hydroxylation is 1. The van der Waals surface area contributed by atoms with Gasteiger partial charge in [0.25, 0.3) is 0 Å². The fourth-order valence-corrected chi connectivity index (χ4v) is 2.00. The van der Waals surface area contributed by atoms with Gasteiger partial charge in [-0.15, -0.1) is 5.10 Å². The highest BCUT2D eigenvalue weighted by Crippen LogP contribution is 2.29. The quantitative estimate of drug-likeness (QED) is 0.609. The van der Waals surface area contributed by atoms with Crippen LogP contribution in [0.3, 0.4) is 0 Å². The zero-order chi connectivity index (χ0) is 11.0. The largest absolute Gasteiger partial charge is 0.460 e. The number of aromatic nitrogens is 6. The van der Waals surface area contributed by atoms with Gasteiger partial charge in [0, 0.05) is 13.1 Å². The van der Waals surface area contributed by atoms with Gasteiger partial charge < -0.3 is 4.42 Å². The van der Waals surface area contributed by atoms with Crippen molar-refractivity contribution < 1.29 is 4.42 Å². The molecule has 0 atom stereocenters. The first kappa shape index (κ1) is 9.28. The lowest BCUT2D eigenvalue weighted by atomic mass is 10.5. The third-order valence-electron chi connectivity index (χ3n) is 1.98. The van der Waals surface area contributed by atoms with Gasteiger partial charge in [-0.3, -0.25) is 0 Å². The molecule has 0 aliphatic heterocycles. The second kappa shape index (κ2) is 3.56. The molecule has 80 valence electrons. The lowest BCUT2D eigenvalue weighted by Gasteiger charge is -1.98. The van der Waals surface area contributed by atoms with Crippen LogP contribution >= 0.6 is 11.8 Å². The fourth-order valence-electron chi connectivity index (χ4n) is 1.23. The van der Waals surface area contributed by atoms with Gasteiger partial charge in [-0.1, -0.05) is 0 Å². The summed E-state index contributed by atoms with van der Waals surface area (Å²) >= 11 is 1.34. The van der Waals surface area contributed by atoms with Crippen LogP contribution in [0.25, 0.3) is 11.1 Å². The molecular formula is C8H6N6OS. The molecule has 3 rings (SSSR count). The van der Waals surface area contributed by atoms with Crippen molar-refractivity contribution in [2.75, 3.05) is 0 Å². The molecular weight excluding hydrogens is 228 g/mol. The predicted octanol–water partition coefficient (Wildman–Crippen LogP) is 0.897. The number of nitrogens with zero attached hydrogens (tertiary/aromatic N) is 6. The Labute approximate surface area is 93.9 Å².